The second-order valence-corrected chi connectivity index (χ2v) is 7.79. The summed E-state index contributed by atoms with van der Waals surface area (Å²) in [5, 5.41) is 6.79. The first-order valence-electron chi connectivity index (χ1n) is 9.40. The zero-order valence-corrected chi connectivity index (χ0v) is 14.5. The molecule has 0 radical (unpaired) electrons. The highest BCUT2D eigenvalue weighted by molar-refractivity contribution is 5.82. The third-order valence-electron chi connectivity index (χ3n) is 6.90. The van der Waals surface area contributed by atoms with Crippen LogP contribution in [0.1, 0.15) is 65.7 Å². The fourth-order valence-corrected chi connectivity index (χ4v) is 5.97. The molecule has 0 spiro atoms. The van der Waals surface area contributed by atoms with Gasteiger partial charge in [0.15, 0.2) is 0 Å². The Bertz CT molecular complexity index is 440. The second-order valence-electron chi connectivity index (χ2n) is 7.79. The predicted octanol–water partition coefficient (Wildman–Crippen LogP) is 2.38. The van der Waals surface area contributed by atoms with Crippen LogP contribution in [0.25, 0.3) is 0 Å². The molecule has 6 atom stereocenters. The number of carbonyl (C=O) groups excluding carboxylic acids is 1. The van der Waals surface area contributed by atoms with Crippen LogP contribution in [0.3, 0.4) is 0 Å². The number of amides is 1. The first-order chi connectivity index (χ1) is 10.5. The van der Waals surface area contributed by atoms with Crippen molar-refractivity contribution in [1.29, 1.82) is 0 Å². The Labute approximate surface area is 135 Å². The Morgan fingerprint density at radius 3 is 2.68 bits per heavy atom. The van der Waals surface area contributed by atoms with Gasteiger partial charge in [-0.15, -0.1) is 0 Å². The number of hydrogen-bond acceptors (Lipinski definition) is 3. The molecule has 2 saturated heterocycles. The van der Waals surface area contributed by atoms with E-state index in [0.717, 1.165) is 13.0 Å². The third-order valence-corrected chi connectivity index (χ3v) is 6.90. The molecular weight excluding hydrogens is 274 g/mol. The van der Waals surface area contributed by atoms with Gasteiger partial charge in [-0.05, 0) is 63.3 Å². The molecular formula is C18H33N3O. The number of fused-ring (bicyclic) bond motifs is 5. The molecule has 0 aromatic heterocycles. The molecule has 4 heteroatoms. The Balaban J connectivity index is 0.000000693. The van der Waals surface area contributed by atoms with Gasteiger partial charge in [-0.2, -0.15) is 0 Å². The average Bonchev–Trinajstić information content (AvgIpc) is 2.89. The van der Waals surface area contributed by atoms with E-state index in [1.165, 1.54) is 38.5 Å². The van der Waals surface area contributed by atoms with Crippen molar-refractivity contribution in [1.82, 2.24) is 10.6 Å². The molecule has 0 aromatic carbocycles. The van der Waals surface area contributed by atoms with Crippen LogP contribution in [0.2, 0.25) is 0 Å². The van der Waals surface area contributed by atoms with E-state index in [1.807, 2.05) is 13.8 Å². The van der Waals surface area contributed by atoms with E-state index in [-0.39, 0.29) is 23.0 Å². The zero-order valence-electron chi connectivity index (χ0n) is 14.5. The van der Waals surface area contributed by atoms with Crippen molar-refractivity contribution in [2.24, 2.45) is 29.4 Å². The van der Waals surface area contributed by atoms with E-state index >= 15 is 0 Å². The van der Waals surface area contributed by atoms with Crippen LogP contribution >= 0.6 is 0 Å². The number of nitrogens with two attached hydrogens (primary N) is 1. The molecule has 126 valence electrons. The van der Waals surface area contributed by atoms with Crippen LogP contribution in [-0.2, 0) is 4.79 Å². The Morgan fingerprint density at radius 1 is 1.14 bits per heavy atom. The summed E-state index contributed by atoms with van der Waals surface area (Å²) < 4.78 is 0. The van der Waals surface area contributed by atoms with Gasteiger partial charge in [0.2, 0.25) is 5.91 Å². The molecule has 1 amide bonds. The van der Waals surface area contributed by atoms with E-state index in [4.69, 9.17) is 5.73 Å². The van der Waals surface area contributed by atoms with Gasteiger partial charge in [0.05, 0.1) is 11.6 Å². The summed E-state index contributed by atoms with van der Waals surface area (Å²) in [7, 11) is 0. The number of hydrogen-bond donors (Lipinski definition) is 3. The van der Waals surface area contributed by atoms with Gasteiger partial charge in [0, 0.05) is 5.54 Å². The van der Waals surface area contributed by atoms with Gasteiger partial charge in [-0.3, -0.25) is 10.1 Å². The fraction of sp³-hybridized carbons (Fsp3) is 0.944. The first-order valence-corrected chi connectivity index (χ1v) is 9.40. The summed E-state index contributed by atoms with van der Waals surface area (Å²) >= 11 is 0. The lowest BCUT2D eigenvalue weighted by Gasteiger charge is -2.58. The Hall–Kier alpha value is -0.610. The monoisotopic (exact) mass is 307 g/mol. The lowest BCUT2D eigenvalue weighted by Crippen LogP contribution is -2.73. The SMILES string of the molecule is CC.CC12NCCC1C1CCC3CCCCC3(N)C1C(=O)N2. The van der Waals surface area contributed by atoms with Crippen molar-refractivity contribution in [2.75, 3.05) is 6.54 Å². The summed E-state index contributed by atoms with van der Waals surface area (Å²) in [5.41, 5.74) is 6.44. The van der Waals surface area contributed by atoms with Crippen molar-refractivity contribution in [3.8, 4) is 0 Å². The van der Waals surface area contributed by atoms with Crippen LogP contribution in [0.4, 0.5) is 0 Å². The second kappa shape index (κ2) is 5.79. The highest BCUT2D eigenvalue weighted by atomic mass is 16.2. The molecule has 2 saturated carbocycles. The topological polar surface area (TPSA) is 67.1 Å². The molecule has 4 nitrogen and oxygen atoms in total. The summed E-state index contributed by atoms with van der Waals surface area (Å²) in [6, 6.07) is 0. The van der Waals surface area contributed by atoms with Gasteiger partial charge >= 0.3 is 0 Å². The molecule has 22 heavy (non-hydrogen) atoms. The van der Waals surface area contributed by atoms with Crippen molar-refractivity contribution in [3.05, 3.63) is 0 Å². The van der Waals surface area contributed by atoms with Crippen LogP contribution in [0.5, 0.6) is 0 Å². The minimum Gasteiger partial charge on any atom is -0.338 e. The van der Waals surface area contributed by atoms with E-state index in [2.05, 4.69) is 17.6 Å². The fourth-order valence-electron chi connectivity index (χ4n) is 5.97. The summed E-state index contributed by atoms with van der Waals surface area (Å²) in [6.07, 6.45) is 8.38. The van der Waals surface area contributed by atoms with Crippen LogP contribution < -0.4 is 16.4 Å². The third kappa shape index (κ3) is 2.22. The molecule has 4 fully saturated rings. The molecule has 4 aliphatic rings. The number of piperidine rings is 1. The average molecular weight is 307 g/mol. The van der Waals surface area contributed by atoms with E-state index in [0.29, 0.717) is 17.8 Å². The molecule has 2 aliphatic heterocycles. The van der Waals surface area contributed by atoms with Crippen molar-refractivity contribution in [3.63, 3.8) is 0 Å². The molecule has 2 heterocycles. The van der Waals surface area contributed by atoms with Crippen molar-refractivity contribution < 1.29 is 4.79 Å². The van der Waals surface area contributed by atoms with Crippen LogP contribution in [-0.4, -0.2) is 23.7 Å². The smallest absolute Gasteiger partial charge is 0.226 e. The lowest BCUT2D eigenvalue weighted by atomic mass is 9.52. The highest BCUT2D eigenvalue weighted by Crippen LogP contribution is 2.54. The summed E-state index contributed by atoms with van der Waals surface area (Å²) in [6.45, 7) is 7.18. The molecule has 0 bridgehead atoms. The first kappa shape index (κ1) is 16.3. The maximum atomic E-state index is 12.8. The lowest BCUT2D eigenvalue weighted by molar-refractivity contribution is -0.147. The van der Waals surface area contributed by atoms with Gasteiger partial charge < -0.3 is 11.1 Å². The van der Waals surface area contributed by atoms with Crippen LogP contribution in [0, 0.1) is 23.7 Å². The molecule has 6 unspecified atom stereocenters. The molecule has 0 aromatic rings. The maximum Gasteiger partial charge on any atom is 0.226 e. The van der Waals surface area contributed by atoms with E-state index in [1.54, 1.807) is 0 Å². The Kier molecular flexibility index (Phi) is 4.28. The Morgan fingerprint density at radius 2 is 1.91 bits per heavy atom. The maximum absolute atomic E-state index is 12.8. The van der Waals surface area contributed by atoms with Gasteiger partial charge in [0.1, 0.15) is 0 Å². The quantitative estimate of drug-likeness (QED) is 0.644. The minimum absolute atomic E-state index is 0.0551. The summed E-state index contributed by atoms with van der Waals surface area (Å²) in [4.78, 5) is 12.8. The normalized spacial score (nSPS) is 49.9. The largest absolute Gasteiger partial charge is 0.338 e. The minimum atomic E-state index is -0.227. The van der Waals surface area contributed by atoms with Gasteiger partial charge in [0.25, 0.3) is 0 Å². The van der Waals surface area contributed by atoms with E-state index in [9.17, 15) is 4.79 Å². The van der Waals surface area contributed by atoms with Gasteiger partial charge in [-0.25, -0.2) is 0 Å². The molecule has 2 aliphatic carbocycles. The molecule has 4 rings (SSSR count). The number of carbonyl (C=O) groups is 1. The van der Waals surface area contributed by atoms with Crippen LogP contribution in [0.15, 0.2) is 0 Å². The van der Waals surface area contributed by atoms with Gasteiger partial charge in [-0.1, -0.05) is 26.7 Å². The highest BCUT2D eigenvalue weighted by Gasteiger charge is 2.61. The van der Waals surface area contributed by atoms with Crippen molar-refractivity contribution in [2.45, 2.75) is 76.9 Å². The number of nitrogens with one attached hydrogen (secondary N) is 2. The van der Waals surface area contributed by atoms with Crippen molar-refractivity contribution >= 4 is 5.91 Å². The zero-order chi connectivity index (χ0) is 16.0. The van der Waals surface area contributed by atoms with E-state index < -0.39 is 0 Å². The number of rotatable bonds is 0. The standard InChI is InChI=1S/C16H27N3O.C2H6/c1-15-12(7-9-18-15)11-6-5-10-4-2-3-8-16(10,17)13(11)14(20)19-15;1-2/h10-13,18H,2-9,17H2,1H3,(H,19,20);1-2H3. The summed E-state index contributed by atoms with van der Waals surface area (Å²) in [5.74, 6) is 1.90. The molecule has 4 N–H and O–H groups in total. The predicted molar refractivity (Wildman–Crippen MR) is 89.1 cm³/mol.